The Labute approximate surface area is 103 Å². The van der Waals surface area contributed by atoms with Crippen molar-refractivity contribution in [1.82, 2.24) is 0 Å². The summed E-state index contributed by atoms with van der Waals surface area (Å²) < 4.78 is 0. The molecule has 0 bridgehead atoms. The van der Waals surface area contributed by atoms with Gasteiger partial charge in [-0.05, 0) is 35.1 Å². The lowest BCUT2D eigenvalue weighted by Crippen LogP contribution is -2.13. The molecule has 0 radical (unpaired) electrons. The van der Waals surface area contributed by atoms with Crippen molar-refractivity contribution in [3.63, 3.8) is 0 Å². The molecule has 0 fully saturated rings. The second-order valence-corrected chi connectivity index (χ2v) is 4.36. The standard InChI is InChI=1S/C14H10O4/c15-13(16)11-7-3-1-4-8(7)12(14(17)18)10-6-2-5-9(10)11/h1-3,5H,4,6H2,(H,15,16)(H,17,18). The maximum Gasteiger partial charge on any atom is 0.336 e. The third kappa shape index (κ3) is 1.26. The van der Waals surface area contributed by atoms with E-state index in [4.69, 9.17) is 0 Å². The van der Waals surface area contributed by atoms with E-state index in [1.54, 1.807) is 12.2 Å². The lowest BCUT2D eigenvalue weighted by molar-refractivity contribution is 0.0679. The Balaban J connectivity index is 2.44. The first-order valence-electron chi connectivity index (χ1n) is 5.62. The zero-order valence-electron chi connectivity index (χ0n) is 9.43. The molecule has 90 valence electrons. The molecule has 1 aromatic rings. The first-order chi connectivity index (χ1) is 8.61. The third-order valence-electron chi connectivity index (χ3n) is 3.43. The van der Waals surface area contributed by atoms with Gasteiger partial charge in [0, 0.05) is 0 Å². The van der Waals surface area contributed by atoms with Gasteiger partial charge in [-0.25, -0.2) is 9.59 Å². The fraction of sp³-hybridized carbons (Fsp3) is 0.143. The van der Waals surface area contributed by atoms with Crippen LogP contribution in [-0.2, 0) is 12.8 Å². The lowest BCUT2D eigenvalue weighted by atomic mass is 9.88. The van der Waals surface area contributed by atoms with Crippen molar-refractivity contribution in [3.8, 4) is 0 Å². The summed E-state index contributed by atoms with van der Waals surface area (Å²) in [5.41, 5.74) is 2.85. The number of carboxylic acids is 2. The molecule has 4 nitrogen and oxygen atoms in total. The number of benzene rings is 1. The highest BCUT2D eigenvalue weighted by atomic mass is 16.4. The summed E-state index contributed by atoms with van der Waals surface area (Å²) in [4.78, 5) is 22.8. The Morgan fingerprint density at radius 1 is 0.833 bits per heavy atom. The first kappa shape index (κ1) is 10.8. The van der Waals surface area contributed by atoms with Gasteiger partial charge in [-0.15, -0.1) is 0 Å². The maximum absolute atomic E-state index is 11.4. The normalized spacial score (nSPS) is 14.7. The van der Waals surface area contributed by atoms with Crippen molar-refractivity contribution in [2.45, 2.75) is 12.8 Å². The van der Waals surface area contributed by atoms with Gasteiger partial charge < -0.3 is 10.2 Å². The van der Waals surface area contributed by atoms with E-state index in [1.165, 1.54) is 0 Å². The predicted molar refractivity (Wildman–Crippen MR) is 65.8 cm³/mol. The first-order valence-corrected chi connectivity index (χ1v) is 5.62. The maximum atomic E-state index is 11.4. The Morgan fingerprint density at radius 2 is 1.28 bits per heavy atom. The van der Waals surface area contributed by atoms with Crippen LogP contribution in [-0.4, -0.2) is 22.2 Å². The Bertz CT molecular complexity index is 609. The van der Waals surface area contributed by atoms with Gasteiger partial charge in [-0.1, -0.05) is 24.3 Å². The molecule has 0 unspecified atom stereocenters. The van der Waals surface area contributed by atoms with E-state index in [2.05, 4.69) is 0 Å². The number of allylic oxidation sites excluding steroid dienone is 2. The zero-order valence-corrected chi connectivity index (χ0v) is 9.43. The van der Waals surface area contributed by atoms with Gasteiger partial charge in [0.15, 0.2) is 0 Å². The molecular weight excluding hydrogens is 232 g/mol. The number of aromatic carboxylic acids is 2. The third-order valence-corrected chi connectivity index (χ3v) is 3.43. The van der Waals surface area contributed by atoms with Gasteiger partial charge in [0.25, 0.3) is 0 Å². The second-order valence-electron chi connectivity index (χ2n) is 4.36. The highest BCUT2D eigenvalue weighted by molar-refractivity contribution is 6.04. The van der Waals surface area contributed by atoms with Crippen LogP contribution in [0.15, 0.2) is 12.2 Å². The van der Waals surface area contributed by atoms with Gasteiger partial charge in [0.2, 0.25) is 0 Å². The van der Waals surface area contributed by atoms with Gasteiger partial charge in [-0.2, -0.15) is 0 Å². The van der Waals surface area contributed by atoms with Crippen LogP contribution in [0.25, 0.3) is 12.2 Å². The molecule has 1 aromatic carbocycles. The van der Waals surface area contributed by atoms with E-state index < -0.39 is 11.9 Å². The molecule has 0 saturated carbocycles. The zero-order chi connectivity index (χ0) is 12.9. The summed E-state index contributed by atoms with van der Waals surface area (Å²) in [5, 5.41) is 18.7. The fourth-order valence-electron chi connectivity index (χ4n) is 2.77. The molecule has 4 heteroatoms. The topological polar surface area (TPSA) is 74.6 Å². The highest BCUT2D eigenvalue weighted by Gasteiger charge is 2.30. The Hall–Kier alpha value is -2.36. The molecule has 0 heterocycles. The summed E-state index contributed by atoms with van der Waals surface area (Å²) in [6, 6.07) is 0. The van der Waals surface area contributed by atoms with Crippen molar-refractivity contribution in [1.29, 1.82) is 0 Å². The molecule has 2 aliphatic rings. The largest absolute Gasteiger partial charge is 0.478 e. The van der Waals surface area contributed by atoms with E-state index in [-0.39, 0.29) is 11.1 Å². The average Bonchev–Trinajstić information content (AvgIpc) is 2.91. The fourth-order valence-corrected chi connectivity index (χ4v) is 2.77. The van der Waals surface area contributed by atoms with E-state index in [1.807, 2.05) is 12.2 Å². The monoisotopic (exact) mass is 242 g/mol. The smallest absolute Gasteiger partial charge is 0.336 e. The molecule has 2 N–H and O–H groups in total. The molecule has 0 spiro atoms. The lowest BCUT2D eigenvalue weighted by Gasteiger charge is -2.14. The van der Waals surface area contributed by atoms with Gasteiger partial charge in [-0.3, -0.25) is 0 Å². The number of fused-ring (bicyclic) bond motifs is 2. The molecule has 0 amide bonds. The minimum absolute atomic E-state index is 0.229. The highest BCUT2D eigenvalue weighted by Crippen LogP contribution is 2.37. The minimum Gasteiger partial charge on any atom is -0.478 e. The molecule has 2 aliphatic carbocycles. The van der Waals surface area contributed by atoms with Crippen molar-refractivity contribution in [3.05, 3.63) is 45.5 Å². The van der Waals surface area contributed by atoms with E-state index in [0.29, 0.717) is 35.1 Å². The van der Waals surface area contributed by atoms with Crippen molar-refractivity contribution >= 4 is 24.1 Å². The van der Waals surface area contributed by atoms with Crippen LogP contribution in [0.1, 0.15) is 43.0 Å². The van der Waals surface area contributed by atoms with Crippen molar-refractivity contribution in [2.24, 2.45) is 0 Å². The van der Waals surface area contributed by atoms with Crippen molar-refractivity contribution < 1.29 is 19.8 Å². The number of carbonyl (C=O) groups is 2. The van der Waals surface area contributed by atoms with Crippen LogP contribution >= 0.6 is 0 Å². The van der Waals surface area contributed by atoms with Crippen LogP contribution in [0.3, 0.4) is 0 Å². The van der Waals surface area contributed by atoms with Crippen LogP contribution in [0, 0.1) is 0 Å². The molecular formula is C14H10O4. The van der Waals surface area contributed by atoms with Gasteiger partial charge in [0.1, 0.15) is 0 Å². The summed E-state index contributed by atoms with van der Waals surface area (Å²) >= 11 is 0. The number of hydrogen-bond acceptors (Lipinski definition) is 2. The SMILES string of the molecule is O=C(O)c1c2c(c(C(=O)O)c3c1C=CC3)CC=C2. The summed E-state index contributed by atoms with van der Waals surface area (Å²) in [6.07, 6.45) is 8.01. The van der Waals surface area contributed by atoms with Crippen molar-refractivity contribution in [2.75, 3.05) is 0 Å². The van der Waals surface area contributed by atoms with E-state index in [0.717, 1.165) is 0 Å². The quantitative estimate of drug-likeness (QED) is 0.833. The Morgan fingerprint density at radius 3 is 1.67 bits per heavy atom. The number of carboxylic acid groups (broad SMARTS) is 2. The average molecular weight is 242 g/mol. The van der Waals surface area contributed by atoms with Gasteiger partial charge in [0.05, 0.1) is 11.1 Å². The minimum atomic E-state index is -1.00. The summed E-state index contributed by atoms with van der Waals surface area (Å²) in [6.45, 7) is 0. The molecule has 3 rings (SSSR count). The molecule has 0 aromatic heterocycles. The predicted octanol–water partition coefficient (Wildman–Crippen LogP) is 2.22. The van der Waals surface area contributed by atoms with Crippen LogP contribution in [0.2, 0.25) is 0 Å². The number of hydrogen-bond donors (Lipinski definition) is 2. The molecule has 0 aliphatic heterocycles. The summed E-state index contributed by atoms with van der Waals surface area (Å²) in [5.74, 6) is -1.98. The molecule has 18 heavy (non-hydrogen) atoms. The van der Waals surface area contributed by atoms with E-state index in [9.17, 15) is 19.8 Å². The number of rotatable bonds is 2. The molecule has 0 atom stereocenters. The van der Waals surface area contributed by atoms with Crippen LogP contribution in [0.4, 0.5) is 0 Å². The van der Waals surface area contributed by atoms with Crippen LogP contribution in [0.5, 0.6) is 0 Å². The van der Waals surface area contributed by atoms with E-state index >= 15 is 0 Å². The Kier molecular flexibility index (Phi) is 2.13. The summed E-state index contributed by atoms with van der Waals surface area (Å²) in [7, 11) is 0. The second kappa shape index (κ2) is 3.57. The molecule has 0 saturated heterocycles. The van der Waals surface area contributed by atoms with Gasteiger partial charge >= 0.3 is 11.9 Å². The van der Waals surface area contributed by atoms with Crippen LogP contribution < -0.4 is 0 Å².